The third-order valence-electron chi connectivity index (χ3n) is 8.50. The first-order valence-electron chi connectivity index (χ1n) is 14.6. The first kappa shape index (κ1) is 24.1. The van der Waals surface area contributed by atoms with Crippen LogP contribution in [0.25, 0.3) is 22.2 Å². The van der Waals surface area contributed by atoms with Crippen molar-refractivity contribution in [2.45, 2.75) is 26.2 Å². The van der Waals surface area contributed by atoms with Gasteiger partial charge in [0.25, 0.3) is 0 Å². The summed E-state index contributed by atoms with van der Waals surface area (Å²) in [5, 5.41) is 4.12. The van der Waals surface area contributed by atoms with Gasteiger partial charge in [0.2, 0.25) is 0 Å². The number of hydrogen-bond donors (Lipinski definition) is 1. The summed E-state index contributed by atoms with van der Waals surface area (Å²) in [6, 6.07) is 31.1. The maximum atomic E-state index is 5.23. The summed E-state index contributed by atoms with van der Waals surface area (Å²) in [6.07, 6.45) is 0.583. The van der Waals surface area contributed by atoms with Crippen molar-refractivity contribution in [3.63, 3.8) is 0 Å². The second kappa shape index (κ2) is 8.97. The predicted molar refractivity (Wildman–Crippen MR) is 171 cm³/mol. The average Bonchev–Trinajstić information content (AvgIpc) is 3.76. The van der Waals surface area contributed by atoms with E-state index >= 15 is 0 Å². The number of amidine groups is 4. The third kappa shape index (κ3) is 3.68. The topological polar surface area (TPSA) is 89.9 Å². The smallest absolute Gasteiger partial charge is 0.164 e. The number of hydrogen-bond acceptors (Lipinski definition) is 6. The first-order valence-corrected chi connectivity index (χ1v) is 14.6. The monoisotopic (exact) mass is 555 g/mol. The molecule has 1 N–H and O–H groups in total. The Morgan fingerprint density at radius 3 is 1.49 bits per heavy atom. The van der Waals surface area contributed by atoms with Crippen molar-refractivity contribution in [2.24, 2.45) is 30.0 Å². The van der Waals surface area contributed by atoms with Crippen molar-refractivity contribution in [2.75, 3.05) is 0 Å². The fourth-order valence-corrected chi connectivity index (χ4v) is 6.28. The quantitative estimate of drug-likeness (QED) is 0.320. The van der Waals surface area contributed by atoms with Crippen molar-refractivity contribution < 1.29 is 0 Å². The number of aromatic amines is 1. The van der Waals surface area contributed by atoms with E-state index in [1.807, 2.05) is 36.4 Å². The fourth-order valence-electron chi connectivity index (χ4n) is 6.28. The second-order valence-corrected chi connectivity index (χ2v) is 11.5. The lowest BCUT2D eigenvalue weighted by atomic mass is 10.0. The third-order valence-corrected chi connectivity index (χ3v) is 8.50. The van der Waals surface area contributed by atoms with Gasteiger partial charge in [-0.05, 0) is 17.5 Å². The van der Waals surface area contributed by atoms with Gasteiger partial charge in [-0.3, -0.25) is 0 Å². The van der Waals surface area contributed by atoms with E-state index < -0.39 is 0 Å². The molecule has 8 bridgehead atoms. The number of benzene rings is 4. The standard InChI is InChI=1S/C36H25N7/c1-19(2)20-15-16-21-28(17-20)30-18-29(21)37-31-22-9-3-5-11-24(22)33(39-31)41-35-26-13-7-8-14-27(26)36(43-35)42-34-25-12-6-4-10-23(25)32(38-30)40-34/h3-17,19H,18H2,1-2H3,(H,37,38,39,40,41,42,43). The second-order valence-electron chi connectivity index (χ2n) is 11.5. The van der Waals surface area contributed by atoms with Crippen LogP contribution in [0.1, 0.15) is 54.0 Å². The van der Waals surface area contributed by atoms with Crippen molar-refractivity contribution in [3.8, 4) is 0 Å². The number of H-pyrrole nitrogens is 1. The van der Waals surface area contributed by atoms with Crippen LogP contribution in [0.2, 0.25) is 0 Å². The Morgan fingerprint density at radius 1 is 0.512 bits per heavy atom. The van der Waals surface area contributed by atoms with Crippen LogP contribution in [0.15, 0.2) is 121 Å². The molecule has 0 atom stereocenters. The Hall–Kier alpha value is -5.56. The molecule has 0 saturated heterocycles. The molecule has 7 nitrogen and oxygen atoms in total. The SMILES string of the molecule is CC(C)c1ccc2c(c1)=C1CC=2N=C2N=C(N=c3[nH]c(c4ccccc34)=NC3=NC(=N1)c1ccccc13)c1ccccc12. The van der Waals surface area contributed by atoms with Crippen LogP contribution in [0, 0.1) is 0 Å². The van der Waals surface area contributed by atoms with Crippen LogP contribution < -0.4 is 21.4 Å². The van der Waals surface area contributed by atoms with Crippen LogP contribution >= 0.6 is 0 Å². The molecular formula is C36H25N7. The van der Waals surface area contributed by atoms with Gasteiger partial charge in [-0.15, -0.1) is 0 Å². The van der Waals surface area contributed by atoms with Gasteiger partial charge in [0.05, 0.1) is 11.4 Å². The van der Waals surface area contributed by atoms with E-state index in [-0.39, 0.29) is 0 Å². The number of fused-ring (bicyclic) bond motifs is 16. The molecule has 43 heavy (non-hydrogen) atoms. The summed E-state index contributed by atoms with van der Waals surface area (Å²) >= 11 is 0. The molecule has 1 aliphatic carbocycles. The zero-order valence-electron chi connectivity index (χ0n) is 23.6. The molecule has 204 valence electrons. The molecule has 4 aromatic carbocycles. The van der Waals surface area contributed by atoms with Gasteiger partial charge < -0.3 is 4.98 Å². The van der Waals surface area contributed by atoms with Crippen LogP contribution in [-0.4, -0.2) is 28.3 Å². The molecule has 0 spiro atoms. The Morgan fingerprint density at radius 2 is 0.977 bits per heavy atom. The summed E-state index contributed by atoms with van der Waals surface area (Å²) in [5.74, 6) is 2.97. The van der Waals surface area contributed by atoms with Gasteiger partial charge in [0, 0.05) is 49.9 Å². The molecule has 4 heterocycles. The van der Waals surface area contributed by atoms with Crippen LogP contribution in [0.3, 0.4) is 0 Å². The van der Waals surface area contributed by atoms with Gasteiger partial charge in [-0.2, -0.15) is 0 Å². The summed E-state index contributed by atoms with van der Waals surface area (Å²) in [4.78, 5) is 34.0. The number of nitrogens with one attached hydrogen (secondary N) is 1. The first-order chi connectivity index (χ1) is 21.1. The molecule has 1 aromatic heterocycles. The number of rotatable bonds is 1. The summed E-state index contributed by atoms with van der Waals surface area (Å²) in [5.41, 5.74) is 8.42. The minimum atomic E-state index is 0.391. The molecule has 5 aromatic rings. The lowest BCUT2D eigenvalue weighted by molar-refractivity contribution is 0.864. The van der Waals surface area contributed by atoms with Gasteiger partial charge in [-0.25, -0.2) is 30.0 Å². The van der Waals surface area contributed by atoms with E-state index in [0.29, 0.717) is 46.7 Å². The van der Waals surface area contributed by atoms with Gasteiger partial charge in [-0.1, -0.05) is 98.8 Å². The highest BCUT2D eigenvalue weighted by atomic mass is 15.1. The van der Waals surface area contributed by atoms with E-state index in [1.54, 1.807) is 0 Å². The molecule has 4 aliphatic rings. The molecule has 7 heteroatoms. The summed E-state index contributed by atoms with van der Waals surface area (Å²) in [6.45, 7) is 4.43. The minimum Gasteiger partial charge on any atom is -0.324 e. The molecule has 0 unspecified atom stereocenters. The Labute approximate surface area is 246 Å². The Kier molecular flexibility index (Phi) is 5.02. The van der Waals surface area contributed by atoms with E-state index in [1.165, 1.54) is 5.56 Å². The lowest BCUT2D eigenvalue weighted by Crippen LogP contribution is -2.25. The van der Waals surface area contributed by atoms with Gasteiger partial charge >= 0.3 is 0 Å². The van der Waals surface area contributed by atoms with Crippen molar-refractivity contribution in [3.05, 3.63) is 140 Å². The highest BCUT2D eigenvalue weighted by Crippen LogP contribution is 2.27. The lowest BCUT2D eigenvalue weighted by Gasteiger charge is -2.04. The van der Waals surface area contributed by atoms with E-state index in [0.717, 1.165) is 54.9 Å². The number of aromatic nitrogens is 1. The van der Waals surface area contributed by atoms with Crippen molar-refractivity contribution in [1.82, 2.24) is 4.98 Å². The van der Waals surface area contributed by atoms with Crippen LogP contribution in [0.5, 0.6) is 0 Å². The van der Waals surface area contributed by atoms with Crippen LogP contribution in [0.4, 0.5) is 0 Å². The van der Waals surface area contributed by atoms with Crippen LogP contribution in [-0.2, 0) is 0 Å². The Bertz CT molecular complexity index is 2450. The minimum absolute atomic E-state index is 0.391. The van der Waals surface area contributed by atoms with Gasteiger partial charge in [0.1, 0.15) is 11.0 Å². The predicted octanol–water partition coefficient (Wildman–Crippen LogP) is 4.28. The fraction of sp³-hybridized carbons (Fsp3) is 0.111. The largest absolute Gasteiger partial charge is 0.324 e. The maximum Gasteiger partial charge on any atom is 0.164 e. The summed E-state index contributed by atoms with van der Waals surface area (Å²) < 4.78 is 0. The highest BCUT2D eigenvalue weighted by molar-refractivity contribution is 6.24. The van der Waals surface area contributed by atoms with Crippen molar-refractivity contribution in [1.29, 1.82) is 0 Å². The molecule has 0 saturated carbocycles. The van der Waals surface area contributed by atoms with Gasteiger partial charge in [0.15, 0.2) is 23.3 Å². The highest BCUT2D eigenvalue weighted by Gasteiger charge is 2.26. The molecule has 0 radical (unpaired) electrons. The number of aliphatic imine (C=N–C) groups is 4. The average molecular weight is 556 g/mol. The molecule has 0 amide bonds. The van der Waals surface area contributed by atoms with E-state index in [9.17, 15) is 0 Å². The van der Waals surface area contributed by atoms with Crippen molar-refractivity contribution >= 4 is 45.5 Å². The molecule has 9 rings (SSSR count). The normalized spacial score (nSPS) is 16.2. The zero-order chi connectivity index (χ0) is 28.7. The number of nitrogens with zero attached hydrogens (tertiary/aromatic N) is 6. The van der Waals surface area contributed by atoms with E-state index in [4.69, 9.17) is 30.0 Å². The Balaban J connectivity index is 1.42. The summed E-state index contributed by atoms with van der Waals surface area (Å²) in [7, 11) is 0. The maximum absolute atomic E-state index is 5.23. The molecule has 3 aliphatic heterocycles. The molecular weight excluding hydrogens is 530 g/mol. The van der Waals surface area contributed by atoms with E-state index in [2.05, 4.69) is 73.4 Å². The zero-order valence-corrected chi connectivity index (χ0v) is 23.6. The molecule has 0 fully saturated rings.